The average Bonchev–Trinajstić information content (AvgIpc) is 2.36. The van der Waals surface area contributed by atoms with E-state index >= 15 is 0 Å². The van der Waals surface area contributed by atoms with E-state index in [-0.39, 0.29) is 6.61 Å². The number of methoxy groups -OCH3 is 2. The highest BCUT2D eigenvalue weighted by Gasteiger charge is 2.13. The van der Waals surface area contributed by atoms with Gasteiger partial charge in [-0.25, -0.2) is 0 Å². The Morgan fingerprint density at radius 2 is 1.89 bits per heavy atom. The van der Waals surface area contributed by atoms with Crippen LogP contribution < -0.4 is 15.2 Å². The van der Waals surface area contributed by atoms with Crippen LogP contribution in [0.15, 0.2) is 12.1 Å². The van der Waals surface area contributed by atoms with Gasteiger partial charge in [-0.05, 0) is 31.5 Å². The summed E-state index contributed by atoms with van der Waals surface area (Å²) in [6, 6.07) is 3.00. The average molecular weight is 253 g/mol. The molecule has 0 radical (unpaired) electrons. The summed E-state index contributed by atoms with van der Waals surface area (Å²) < 4.78 is 15.5. The van der Waals surface area contributed by atoms with E-state index in [0.29, 0.717) is 5.75 Å². The molecular weight excluding hydrogens is 234 g/mol. The van der Waals surface area contributed by atoms with Gasteiger partial charge in [0.2, 0.25) is 0 Å². The van der Waals surface area contributed by atoms with Crippen molar-refractivity contribution in [1.29, 1.82) is 0 Å². The molecule has 0 aliphatic rings. The third kappa shape index (κ3) is 3.37. The Morgan fingerprint density at radius 1 is 1.28 bits per heavy atom. The Hall–Kier alpha value is -1.75. The number of carbonyl (C=O) groups is 1. The minimum Gasteiger partial charge on any atom is -0.496 e. The van der Waals surface area contributed by atoms with Crippen LogP contribution >= 0.6 is 0 Å². The maximum atomic E-state index is 11.3. The second-order valence-corrected chi connectivity index (χ2v) is 4.03. The van der Waals surface area contributed by atoms with Crippen molar-refractivity contribution in [2.45, 2.75) is 26.5 Å². The minimum absolute atomic E-state index is 0.111. The molecular formula is C13H19NO4. The Labute approximate surface area is 107 Å². The van der Waals surface area contributed by atoms with Crippen molar-refractivity contribution < 1.29 is 19.0 Å². The SMILES string of the molecule is COc1cc(COC(=O)C(C)N)c(OC)cc1C. The zero-order chi connectivity index (χ0) is 13.7. The largest absolute Gasteiger partial charge is 0.496 e. The molecule has 100 valence electrons. The van der Waals surface area contributed by atoms with E-state index in [1.54, 1.807) is 27.2 Å². The summed E-state index contributed by atoms with van der Waals surface area (Å²) >= 11 is 0. The van der Waals surface area contributed by atoms with E-state index in [1.165, 1.54) is 0 Å². The normalized spacial score (nSPS) is 11.8. The summed E-state index contributed by atoms with van der Waals surface area (Å²) in [7, 11) is 3.16. The van der Waals surface area contributed by atoms with Crippen LogP contribution in [-0.2, 0) is 16.1 Å². The number of aryl methyl sites for hydroxylation is 1. The number of ether oxygens (including phenoxy) is 3. The molecule has 0 bridgehead atoms. The Morgan fingerprint density at radius 3 is 2.39 bits per heavy atom. The monoisotopic (exact) mass is 253 g/mol. The molecule has 0 aromatic heterocycles. The Kier molecular flexibility index (Phi) is 4.97. The molecule has 0 amide bonds. The van der Waals surface area contributed by atoms with Gasteiger partial charge in [-0.15, -0.1) is 0 Å². The molecule has 1 aromatic rings. The maximum absolute atomic E-state index is 11.3. The Balaban J connectivity index is 2.89. The van der Waals surface area contributed by atoms with Gasteiger partial charge in [-0.3, -0.25) is 4.79 Å². The lowest BCUT2D eigenvalue weighted by Gasteiger charge is -2.14. The van der Waals surface area contributed by atoms with Gasteiger partial charge in [-0.1, -0.05) is 0 Å². The number of hydrogen-bond donors (Lipinski definition) is 1. The lowest BCUT2D eigenvalue weighted by molar-refractivity contribution is -0.146. The third-order valence-corrected chi connectivity index (χ3v) is 2.54. The fourth-order valence-electron chi connectivity index (χ4n) is 1.51. The van der Waals surface area contributed by atoms with Gasteiger partial charge in [-0.2, -0.15) is 0 Å². The second kappa shape index (κ2) is 6.26. The molecule has 18 heavy (non-hydrogen) atoms. The fraction of sp³-hybridized carbons (Fsp3) is 0.462. The summed E-state index contributed by atoms with van der Waals surface area (Å²) in [5, 5.41) is 0. The van der Waals surface area contributed by atoms with Gasteiger partial charge in [0.15, 0.2) is 0 Å². The maximum Gasteiger partial charge on any atom is 0.322 e. The van der Waals surface area contributed by atoms with Gasteiger partial charge >= 0.3 is 5.97 Å². The number of hydrogen-bond acceptors (Lipinski definition) is 5. The van der Waals surface area contributed by atoms with Crippen LogP contribution in [0.3, 0.4) is 0 Å². The number of carbonyl (C=O) groups excluding carboxylic acids is 1. The molecule has 1 atom stereocenters. The van der Waals surface area contributed by atoms with E-state index in [2.05, 4.69) is 0 Å². The number of esters is 1. The minimum atomic E-state index is -0.636. The highest BCUT2D eigenvalue weighted by atomic mass is 16.5. The number of nitrogens with two attached hydrogens (primary N) is 1. The van der Waals surface area contributed by atoms with E-state index in [1.807, 2.05) is 13.0 Å². The highest BCUT2D eigenvalue weighted by Crippen LogP contribution is 2.28. The van der Waals surface area contributed by atoms with Gasteiger partial charge in [0, 0.05) is 5.56 Å². The first-order valence-electron chi connectivity index (χ1n) is 5.63. The van der Waals surface area contributed by atoms with Crippen LogP contribution in [0.5, 0.6) is 11.5 Å². The highest BCUT2D eigenvalue weighted by molar-refractivity contribution is 5.74. The van der Waals surface area contributed by atoms with Crippen LogP contribution in [0.4, 0.5) is 0 Å². The molecule has 2 N–H and O–H groups in total. The lowest BCUT2D eigenvalue weighted by Crippen LogP contribution is -2.28. The van der Waals surface area contributed by atoms with E-state index in [0.717, 1.165) is 16.9 Å². The van der Waals surface area contributed by atoms with Gasteiger partial charge < -0.3 is 19.9 Å². The van der Waals surface area contributed by atoms with Crippen LogP contribution in [0.1, 0.15) is 18.1 Å². The van der Waals surface area contributed by atoms with E-state index in [9.17, 15) is 4.79 Å². The van der Waals surface area contributed by atoms with Crippen molar-refractivity contribution >= 4 is 5.97 Å². The molecule has 5 nitrogen and oxygen atoms in total. The van der Waals surface area contributed by atoms with E-state index < -0.39 is 12.0 Å². The molecule has 0 saturated carbocycles. The Bertz CT molecular complexity index is 429. The lowest BCUT2D eigenvalue weighted by atomic mass is 10.1. The molecule has 0 saturated heterocycles. The molecule has 0 spiro atoms. The predicted octanol–water partition coefficient (Wildman–Crippen LogP) is 1.40. The number of benzene rings is 1. The summed E-state index contributed by atoms with van der Waals surface area (Å²) in [4.78, 5) is 11.3. The zero-order valence-corrected chi connectivity index (χ0v) is 11.1. The summed E-state index contributed by atoms with van der Waals surface area (Å²) in [6.07, 6.45) is 0. The molecule has 1 rings (SSSR count). The topological polar surface area (TPSA) is 70.8 Å². The van der Waals surface area contributed by atoms with Crippen molar-refractivity contribution in [2.24, 2.45) is 5.73 Å². The van der Waals surface area contributed by atoms with Crippen molar-refractivity contribution in [3.63, 3.8) is 0 Å². The fourth-order valence-corrected chi connectivity index (χ4v) is 1.51. The molecule has 5 heteroatoms. The standard InChI is InChI=1S/C13H19NO4/c1-8-5-12(17-4)10(6-11(8)16-3)7-18-13(15)9(2)14/h5-6,9H,7,14H2,1-4H3. The van der Waals surface area contributed by atoms with Crippen molar-refractivity contribution in [3.05, 3.63) is 23.3 Å². The summed E-state index contributed by atoms with van der Waals surface area (Å²) in [6.45, 7) is 3.61. The first kappa shape index (κ1) is 14.3. The quantitative estimate of drug-likeness (QED) is 0.803. The first-order valence-corrected chi connectivity index (χ1v) is 5.63. The first-order chi connectivity index (χ1) is 8.49. The van der Waals surface area contributed by atoms with Gasteiger partial charge in [0.25, 0.3) is 0 Å². The van der Waals surface area contributed by atoms with Gasteiger partial charge in [0.1, 0.15) is 24.1 Å². The molecule has 0 aliphatic carbocycles. The van der Waals surface area contributed by atoms with E-state index in [4.69, 9.17) is 19.9 Å². The number of rotatable bonds is 5. The van der Waals surface area contributed by atoms with Crippen LogP contribution in [-0.4, -0.2) is 26.2 Å². The molecule has 0 heterocycles. The molecule has 0 fully saturated rings. The third-order valence-electron chi connectivity index (χ3n) is 2.54. The van der Waals surface area contributed by atoms with Crippen LogP contribution in [0.25, 0.3) is 0 Å². The summed E-state index contributed by atoms with van der Waals surface area (Å²) in [5.74, 6) is 0.935. The van der Waals surface area contributed by atoms with Crippen molar-refractivity contribution in [2.75, 3.05) is 14.2 Å². The summed E-state index contributed by atoms with van der Waals surface area (Å²) in [5.41, 5.74) is 7.12. The molecule has 0 aliphatic heterocycles. The second-order valence-electron chi connectivity index (χ2n) is 4.03. The predicted molar refractivity (Wildman–Crippen MR) is 67.7 cm³/mol. The molecule has 1 aromatic carbocycles. The van der Waals surface area contributed by atoms with Gasteiger partial charge in [0.05, 0.1) is 14.2 Å². The smallest absolute Gasteiger partial charge is 0.322 e. The van der Waals surface area contributed by atoms with Crippen LogP contribution in [0, 0.1) is 6.92 Å². The zero-order valence-electron chi connectivity index (χ0n) is 11.1. The molecule has 1 unspecified atom stereocenters. The van der Waals surface area contributed by atoms with Crippen molar-refractivity contribution in [3.8, 4) is 11.5 Å². The van der Waals surface area contributed by atoms with Crippen molar-refractivity contribution in [1.82, 2.24) is 0 Å². The van der Waals surface area contributed by atoms with Crippen LogP contribution in [0.2, 0.25) is 0 Å².